The van der Waals surface area contributed by atoms with Gasteiger partial charge in [0.15, 0.2) is 0 Å². The summed E-state index contributed by atoms with van der Waals surface area (Å²) in [5.41, 5.74) is -0.395. The second kappa shape index (κ2) is 4.78. The largest absolute Gasteiger partial charge is 0.481 e. The van der Waals surface area contributed by atoms with E-state index in [2.05, 4.69) is 18.9 Å². The second-order valence-corrected chi connectivity index (χ2v) is 6.44. The number of hydrogen-bond donors (Lipinski definition) is 1. The van der Waals surface area contributed by atoms with Gasteiger partial charge in [-0.05, 0) is 18.9 Å². The third kappa shape index (κ3) is 2.36. The summed E-state index contributed by atoms with van der Waals surface area (Å²) in [6, 6.07) is 0.392. The minimum atomic E-state index is -0.843. The van der Waals surface area contributed by atoms with Crippen LogP contribution in [0, 0.1) is 17.3 Å². The fraction of sp³-hybridized carbons (Fsp3) is 0.857. The van der Waals surface area contributed by atoms with Gasteiger partial charge in [0, 0.05) is 25.7 Å². The fourth-order valence-electron chi connectivity index (χ4n) is 3.34. The molecule has 0 spiro atoms. The second-order valence-electron chi connectivity index (χ2n) is 6.44. The van der Waals surface area contributed by atoms with Gasteiger partial charge in [-0.15, -0.1) is 0 Å². The standard InChI is InChI=1S/C14H24N2O3/c1-5-9-8-16(7-6-15(9)4)12(17)10-11(13(18)19)14(10,2)3/h9-11H,5-8H2,1-4H3,(H,18,19)/t9?,10-,11+/m1/s1. The molecule has 1 saturated heterocycles. The molecule has 1 heterocycles. The number of piperazine rings is 1. The van der Waals surface area contributed by atoms with Crippen LogP contribution in [-0.4, -0.2) is 59.5 Å². The summed E-state index contributed by atoms with van der Waals surface area (Å²) in [4.78, 5) is 27.8. The normalized spacial score (nSPS) is 34.1. The van der Waals surface area contributed by atoms with Crippen molar-refractivity contribution in [3.63, 3.8) is 0 Å². The lowest BCUT2D eigenvalue weighted by Gasteiger charge is -2.39. The first kappa shape index (κ1) is 14.3. The summed E-state index contributed by atoms with van der Waals surface area (Å²) in [5, 5.41) is 9.17. The average Bonchev–Trinajstić information content (AvgIpc) is 2.92. The molecule has 1 unspecified atom stereocenters. The lowest BCUT2D eigenvalue weighted by atomic mass is 10.1. The highest BCUT2D eigenvalue weighted by Crippen LogP contribution is 2.59. The molecular formula is C14H24N2O3. The Balaban J connectivity index is 2.04. The van der Waals surface area contributed by atoms with E-state index >= 15 is 0 Å². The number of aliphatic carboxylic acids is 1. The van der Waals surface area contributed by atoms with Gasteiger partial charge in [-0.2, -0.15) is 0 Å². The van der Waals surface area contributed by atoms with Gasteiger partial charge < -0.3 is 10.0 Å². The van der Waals surface area contributed by atoms with Gasteiger partial charge in [-0.25, -0.2) is 0 Å². The molecule has 0 aromatic heterocycles. The van der Waals surface area contributed by atoms with Crippen molar-refractivity contribution in [2.75, 3.05) is 26.7 Å². The van der Waals surface area contributed by atoms with E-state index in [1.165, 1.54) is 0 Å². The van der Waals surface area contributed by atoms with Gasteiger partial charge in [-0.3, -0.25) is 14.5 Å². The van der Waals surface area contributed by atoms with E-state index in [-0.39, 0.29) is 11.8 Å². The number of carboxylic acid groups (broad SMARTS) is 1. The van der Waals surface area contributed by atoms with Crippen molar-refractivity contribution < 1.29 is 14.7 Å². The van der Waals surface area contributed by atoms with Crippen molar-refractivity contribution in [2.45, 2.75) is 33.2 Å². The Bertz CT molecular complexity index is 394. The molecular weight excluding hydrogens is 244 g/mol. The number of carbonyl (C=O) groups excluding carboxylic acids is 1. The number of carbonyl (C=O) groups is 2. The van der Waals surface area contributed by atoms with E-state index in [9.17, 15) is 9.59 Å². The molecule has 0 aromatic carbocycles. The Morgan fingerprint density at radius 2 is 1.89 bits per heavy atom. The summed E-state index contributed by atoms with van der Waals surface area (Å²) in [6.07, 6.45) is 1.01. The van der Waals surface area contributed by atoms with Gasteiger partial charge in [0.05, 0.1) is 11.8 Å². The van der Waals surface area contributed by atoms with Crippen LogP contribution in [0.5, 0.6) is 0 Å². The van der Waals surface area contributed by atoms with E-state index in [1.807, 2.05) is 18.7 Å². The first-order valence-corrected chi connectivity index (χ1v) is 7.02. The van der Waals surface area contributed by atoms with Crippen LogP contribution < -0.4 is 0 Å². The van der Waals surface area contributed by atoms with Gasteiger partial charge in [0.1, 0.15) is 0 Å². The van der Waals surface area contributed by atoms with Gasteiger partial charge in [0.25, 0.3) is 0 Å². The molecule has 1 aliphatic carbocycles. The van der Waals surface area contributed by atoms with E-state index in [0.29, 0.717) is 12.6 Å². The molecule has 1 N–H and O–H groups in total. The number of likely N-dealkylation sites (N-methyl/N-ethyl adjacent to an activating group) is 1. The maximum absolute atomic E-state index is 12.5. The number of carboxylic acids is 1. The maximum atomic E-state index is 12.5. The predicted octanol–water partition coefficient (Wildman–Crippen LogP) is 0.896. The first-order valence-electron chi connectivity index (χ1n) is 7.02. The van der Waals surface area contributed by atoms with Crippen molar-refractivity contribution in [1.82, 2.24) is 9.80 Å². The highest BCUT2D eigenvalue weighted by Gasteiger charge is 2.66. The Morgan fingerprint density at radius 1 is 1.26 bits per heavy atom. The van der Waals surface area contributed by atoms with Gasteiger partial charge in [-0.1, -0.05) is 20.8 Å². The molecule has 108 valence electrons. The van der Waals surface area contributed by atoms with Crippen LogP contribution in [0.15, 0.2) is 0 Å². The van der Waals surface area contributed by atoms with Crippen LogP contribution in [0.3, 0.4) is 0 Å². The molecule has 1 saturated carbocycles. The Kier molecular flexibility index (Phi) is 3.60. The molecule has 1 aliphatic heterocycles. The van der Waals surface area contributed by atoms with E-state index in [1.54, 1.807) is 0 Å². The molecule has 0 bridgehead atoms. The van der Waals surface area contributed by atoms with Crippen molar-refractivity contribution in [1.29, 1.82) is 0 Å². The van der Waals surface area contributed by atoms with E-state index < -0.39 is 17.3 Å². The molecule has 3 atom stereocenters. The third-order valence-corrected chi connectivity index (χ3v) is 4.92. The van der Waals surface area contributed by atoms with Gasteiger partial charge >= 0.3 is 5.97 Å². The molecule has 5 heteroatoms. The zero-order chi connectivity index (χ0) is 14.4. The quantitative estimate of drug-likeness (QED) is 0.826. The lowest BCUT2D eigenvalue weighted by Crippen LogP contribution is -2.53. The highest BCUT2D eigenvalue weighted by atomic mass is 16.4. The van der Waals surface area contributed by atoms with Crippen LogP contribution in [0.1, 0.15) is 27.2 Å². The van der Waals surface area contributed by atoms with Gasteiger partial charge in [0.2, 0.25) is 5.91 Å². The topological polar surface area (TPSA) is 60.9 Å². The van der Waals surface area contributed by atoms with Crippen molar-refractivity contribution in [3.8, 4) is 0 Å². The summed E-state index contributed by atoms with van der Waals surface area (Å²) < 4.78 is 0. The van der Waals surface area contributed by atoms with Crippen LogP contribution in [-0.2, 0) is 9.59 Å². The third-order valence-electron chi connectivity index (χ3n) is 4.92. The minimum absolute atomic E-state index is 0.0314. The van der Waals surface area contributed by atoms with Crippen molar-refractivity contribution >= 4 is 11.9 Å². The molecule has 5 nitrogen and oxygen atoms in total. The number of nitrogens with zero attached hydrogens (tertiary/aromatic N) is 2. The predicted molar refractivity (Wildman–Crippen MR) is 71.7 cm³/mol. The molecule has 2 rings (SSSR count). The Hall–Kier alpha value is -1.10. The first-order chi connectivity index (χ1) is 8.80. The number of hydrogen-bond acceptors (Lipinski definition) is 3. The van der Waals surface area contributed by atoms with Crippen LogP contribution in [0.2, 0.25) is 0 Å². The molecule has 0 radical (unpaired) electrons. The zero-order valence-electron chi connectivity index (χ0n) is 12.2. The lowest BCUT2D eigenvalue weighted by molar-refractivity contribution is -0.142. The molecule has 0 aromatic rings. The molecule has 2 fully saturated rings. The molecule has 2 aliphatic rings. The maximum Gasteiger partial charge on any atom is 0.307 e. The average molecular weight is 268 g/mol. The SMILES string of the molecule is CCC1CN(C(=O)[C@H]2[C@@H](C(=O)O)C2(C)C)CCN1C. The smallest absolute Gasteiger partial charge is 0.307 e. The van der Waals surface area contributed by atoms with E-state index in [4.69, 9.17) is 5.11 Å². The van der Waals surface area contributed by atoms with Crippen LogP contribution >= 0.6 is 0 Å². The van der Waals surface area contributed by atoms with E-state index in [0.717, 1.165) is 19.5 Å². The fourth-order valence-corrected chi connectivity index (χ4v) is 3.34. The number of rotatable bonds is 3. The van der Waals surface area contributed by atoms with Crippen molar-refractivity contribution in [2.24, 2.45) is 17.3 Å². The Morgan fingerprint density at radius 3 is 2.37 bits per heavy atom. The molecule has 1 amide bonds. The zero-order valence-corrected chi connectivity index (χ0v) is 12.2. The summed E-state index contributed by atoms with van der Waals surface area (Å²) >= 11 is 0. The Labute approximate surface area is 114 Å². The molecule has 19 heavy (non-hydrogen) atoms. The van der Waals surface area contributed by atoms with Crippen molar-refractivity contribution in [3.05, 3.63) is 0 Å². The minimum Gasteiger partial charge on any atom is -0.481 e. The number of amides is 1. The van der Waals surface area contributed by atoms with Crippen LogP contribution in [0.25, 0.3) is 0 Å². The summed E-state index contributed by atoms with van der Waals surface area (Å²) in [6.45, 7) is 8.18. The summed E-state index contributed by atoms with van der Waals surface area (Å²) in [7, 11) is 2.08. The summed E-state index contributed by atoms with van der Waals surface area (Å²) in [5.74, 6) is -1.67. The van der Waals surface area contributed by atoms with Crippen LogP contribution in [0.4, 0.5) is 0 Å². The monoisotopic (exact) mass is 268 g/mol. The highest BCUT2D eigenvalue weighted by molar-refractivity contribution is 5.91.